The molecule has 2 aromatic heterocycles. The van der Waals surface area contributed by atoms with Crippen LogP contribution in [-0.4, -0.2) is 15.8 Å². The predicted octanol–water partition coefficient (Wildman–Crippen LogP) is 3.03. The molecule has 0 fully saturated rings. The second-order valence-corrected chi connectivity index (χ2v) is 6.14. The van der Waals surface area contributed by atoms with Gasteiger partial charge in [0.1, 0.15) is 6.04 Å². The molecule has 0 aliphatic rings. The molecule has 2 heterocycles. The van der Waals surface area contributed by atoms with Crippen molar-refractivity contribution < 1.29 is 0 Å². The third kappa shape index (κ3) is 2.36. The minimum atomic E-state index is 0.0884. The first-order chi connectivity index (χ1) is 7.72. The predicted molar refractivity (Wildman–Crippen MR) is 70.7 cm³/mol. The van der Waals surface area contributed by atoms with Crippen LogP contribution in [0.15, 0.2) is 34.4 Å². The largest absolute Gasteiger partial charge is 0.326 e. The van der Waals surface area contributed by atoms with E-state index in [9.17, 15) is 0 Å². The number of rotatable bonds is 4. The van der Waals surface area contributed by atoms with Crippen LogP contribution in [0.1, 0.15) is 24.3 Å². The minimum Gasteiger partial charge on any atom is -0.326 e. The fraction of sp³-hybridized carbons (Fsp3) is 0.364. The van der Waals surface area contributed by atoms with Gasteiger partial charge in [0.25, 0.3) is 0 Å². The molecule has 0 saturated carbocycles. The van der Waals surface area contributed by atoms with Crippen LogP contribution in [-0.2, 0) is 0 Å². The molecule has 2 aromatic rings. The quantitative estimate of drug-likeness (QED) is 0.943. The van der Waals surface area contributed by atoms with Gasteiger partial charge in [-0.05, 0) is 40.5 Å². The molecule has 2 N–H and O–H groups in total. The van der Waals surface area contributed by atoms with Gasteiger partial charge in [-0.2, -0.15) is 5.10 Å². The van der Waals surface area contributed by atoms with Crippen LogP contribution < -0.4 is 5.73 Å². The lowest BCUT2D eigenvalue weighted by Crippen LogP contribution is -2.32. The van der Waals surface area contributed by atoms with Crippen LogP contribution in [0, 0.1) is 0 Å². The van der Waals surface area contributed by atoms with Crippen molar-refractivity contribution >= 4 is 27.3 Å². The van der Waals surface area contributed by atoms with Crippen molar-refractivity contribution in [1.82, 2.24) is 9.78 Å². The molecule has 16 heavy (non-hydrogen) atoms. The first-order valence-corrected chi connectivity index (χ1v) is 6.83. The summed E-state index contributed by atoms with van der Waals surface area (Å²) in [5.74, 6) is 0. The van der Waals surface area contributed by atoms with Crippen molar-refractivity contribution in [3.63, 3.8) is 0 Å². The second kappa shape index (κ2) is 5.12. The van der Waals surface area contributed by atoms with E-state index in [0.717, 1.165) is 10.2 Å². The fourth-order valence-electron chi connectivity index (χ4n) is 1.69. The van der Waals surface area contributed by atoms with Gasteiger partial charge < -0.3 is 5.73 Å². The van der Waals surface area contributed by atoms with Crippen molar-refractivity contribution in [1.29, 1.82) is 0 Å². The highest BCUT2D eigenvalue weighted by molar-refractivity contribution is 9.11. The van der Waals surface area contributed by atoms with E-state index in [0.29, 0.717) is 0 Å². The topological polar surface area (TPSA) is 43.8 Å². The third-order valence-electron chi connectivity index (χ3n) is 2.57. The van der Waals surface area contributed by atoms with E-state index in [1.165, 1.54) is 4.88 Å². The summed E-state index contributed by atoms with van der Waals surface area (Å²) in [6, 6.07) is 6.31. The molecule has 2 rings (SSSR count). The molecule has 0 bridgehead atoms. The van der Waals surface area contributed by atoms with Gasteiger partial charge in [0.15, 0.2) is 0 Å². The van der Waals surface area contributed by atoms with Gasteiger partial charge >= 0.3 is 0 Å². The number of nitrogens with zero attached hydrogens (tertiary/aromatic N) is 2. The summed E-state index contributed by atoms with van der Waals surface area (Å²) in [4.78, 5) is 1.24. The van der Waals surface area contributed by atoms with Crippen molar-refractivity contribution in [3.8, 4) is 0 Å². The maximum absolute atomic E-state index is 6.18. The smallest absolute Gasteiger partial charge is 0.101 e. The van der Waals surface area contributed by atoms with Gasteiger partial charge in [0.2, 0.25) is 0 Å². The SMILES string of the molecule is CCC(N)C(c1ccc(Br)s1)n1cccn1. The average molecular weight is 300 g/mol. The second-order valence-electron chi connectivity index (χ2n) is 3.64. The molecule has 3 nitrogen and oxygen atoms in total. The summed E-state index contributed by atoms with van der Waals surface area (Å²) in [5, 5.41) is 4.30. The van der Waals surface area contributed by atoms with Gasteiger partial charge in [-0.15, -0.1) is 11.3 Å². The molecule has 5 heteroatoms. The Morgan fingerprint density at radius 2 is 2.38 bits per heavy atom. The van der Waals surface area contributed by atoms with Crippen molar-refractivity contribution in [2.24, 2.45) is 5.73 Å². The Kier molecular flexibility index (Phi) is 3.78. The van der Waals surface area contributed by atoms with Crippen LogP contribution >= 0.6 is 27.3 Å². The summed E-state index contributed by atoms with van der Waals surface area (Å²) in [6.07, 6.45) is 4.69. The maximum Gasteiger partial charge on any atom is 0.101 e. The highest BCUT2D eigenvalue weighted by atomic mass is 79.9. The molecule has 86 valence electrons. The molecule has 0 radical (unpaired) electrons. The molecule has 2 unspecified atom stereocenters. The van der Waals surface area contributed by atoms with E-state index < -0.39 is 0 Å². The van der Waals surface area contributed by atoms with Gasteiger partial charge in [-0.3, -0.25) is 4.68 Å². The van der Waals surface area contributed by atoms with E-state index in [4.69, 9.17) is 5.73 Å². The van der Waals surface area contributed by atoms with E-state index in [1.54, 1.807) is 17.5 Å². The number of hydrogen-bond donors (Lipinski definition) is 1. The van der Waals surface area contributed by atoms with Gasteiger partial charge in [0.05, 0.1) is 3.79 Å². The Labute approximate surface area is 107 Å². The number of aromatic nitrogens is 2. The number of hydrogen-bond acceptors (Lipinski definition) is 3. The lowest BCUT2D eigenvalue weighted by Gasteiger charge is -2.22. The average Bonchev–Trinajstić information content (AvgIpc) is 2.91. The van der Waals surface area contributed by atoms with Crippen LogP contribution in [0.2, 0.25) is 0 Å². The van der Waals surface area contributed by atoms with E-state index in [-0.39, 0.29) is 12.1 Å². The van der Waals surface area contributed by atoms with Gasteiger partial charge in [-0.25, -0.2) is 0 Å². The Balaban J connectivity index is 2.35. The Bertz CT molecular complexity index is 438. The molecular formula is C11H14BrN3S. The fourth-order valence-corrected chi connectivity index (χ4v) is 3.29. The Morgan fingerprint density at radius 1 is 1.56 bits per heavy atom. The zero-order valence-corrected chi connectivity index (χ0v) is 11.4. The monoisotopic (exact) mass is 299 g/mol. The third-order valence-corrected chi connectivity index (χ3v) is 4.27. The van der Waals surface area contributed by atoms with Gasteiger partial charge in [-0.1, -0.05) is 6.92 Å². The lowest BCUT2D eigenvalue weighted by molar-refractivity contribution is 0.430. The minimum absolute atomic E-state index is 0.0884. The molecule has 0 amide bonds. The molecule has 2 atom stereocenters. The van der Waals surface area contributed by atoms with Crippen LogP contribution in [0.4, 0.5) is 0 Å². The first kappa shape index (κ1) is 11.8. The number of halogens is 1. The summed E-state index contributed by atoms with van der Waals surface area (Å²) >= 11 is 5.20. The zero-order valence-electron chi connectivity index (χ0n) is 9.01. The highest BCUT2D eigenvalue weighted by Gasteiger charge is 2.22. The summed E-state index contributed by atoms with van der Waals surface area (Å²) in [5.41, 5.74) is 6.18. The normalized spacial score (nSPS) is 14.9. The molecule has 0 aromatic carbocycles. The maximum atomic E-state index is 6.18. The van der Waals surface area contributed by atoms with Crippen LogP contribution in [0.5, 0.6) is 0 Å². The Morgan fingerprint density at radius 3 is 2.88 bits per heavy atom. The molecular weight excluding hydrogens is 286 g/mol. The van der Waals surface area contributed by atoms with Crippen LogP contribution in [0.3, 0.4) is 0 Å². The number of thiophene rings is 1. The molecule has 0 saturated heterocycles. The summed E-state index contributed by atoms with van der Waals surface area (Å²) < 4.78 is 3.06. The number of nitrogens with two attached hydrogens (primary N) is 1. The van der Waals surface area contributed by atoms with Crippen molar-refractivity contribution in [3.05, 3.63) is 39.3 Å². The van der Waals surface area contributed by atoms with Crippen LogP contribution in [0.25, 0.3) is 0 Å². The zero-order chi connectivity index (χ0) is 11.5. The first-order valence-electron chi connectivity index (χ1n) is 5.22. The summed E-state index contributed by atoms with van der Waals surface area (Å²) in [6.45, 7) is 2.10. The highest BCUT2D eigenvalue weighted by Crippen LogP contribution is 2.31. The standard InChI is InChI=1S/C11H14BrN3S/c1-2-8(13)11(15-7-3-6-14-15)9-4-5-10(12)16-9/h3-8,11H,2,13H2,1H3. The molecule has 0 aliphatic carbocycles. The Hall–Kier alpha value is -0.650. The summed E-state index contributed by atoms with van der Waals surface area (Å²) in [7, 11) is 0. The lowest BCUT2D eigenvalue weighted by atomic mass is 10.1. The van der Waals surface area contributed by atoms with Crippen molar-refractivity contribution in [2.75, 3.05) is 0 Å². The van der Waals surface area contributed by atoms with E-state index >= 15 is 0 Å². The molecule has 0 aliphatic heterocycles. The van der Waals surface area contributed by atoms with Gasteiger partial charge in [0, 0.05) is 23.3 Å². The van der Waals surface area contributed by atoms with Crippen molar-refractivity contribution in [2.45, 2.75) is 25.4 Å². The van der Waals surface area contributed by atoms with E-state index in [1.807, 2.05) is 16.9 Å². The molecule has 0 spiro atoms. The van der Waals surface area contributed by atoms with E-state index in [2.05, 4.69) is 40.1 Å².